The highest BCUT2D eigenvalue weighted by atomic mass is 32.2. The van der Waals surface area contributed by atoms with E-state index in [1.807, 2.05) is 12.1 Å². The van der Waals surface area contributed by atoms with Gasteiger partial charge in [-0.15, -0.1) is 0 Å². The van der Waals surface area contributed by atoms with Crippen molar-refractivity contribution in [3.63, 3.8) is 0 Å². The fraction of sp³-hybridized carbons (Fsp3) is 0.667. The fourth-order valence-electron chi connectivity index (χ4n) is 2.43. The van der Waals surface area contributed by atoms with E-state index in [9.17, 15) is 8.42 Å². The second-order valence-corrected chi connectivity index (χ2v) is 7.69. The average Bonchev–Trinajstić information content (AvgIpc) is 2.47. The van der Waals surface area contributed by atoms with Crippen molar-refractivity contribution in [3.05, 3.63) is 29.3 Å². The summed E-state index contributed by atoms with van der Waals surface area (Å²) in [6, 6.07) is 5.97. The SMILES string of the molecule is CCCCCc1cc(CCCCC)cc(OS(=O)(=O)CC)c1. The third-order valence-electron chi connectivity index (χ3n) is 3.74. The van der Waals surface area contributed by atoms with Gasteiger partial charge in [0.2, 0.25) is 0 Å². The maximum absolute atomic E-state index is 11.7. The lowest BCUT2D eigenvalue weighted by molar-refractivity contribution is 0.486. The Morgan fingerprint density at radius 3 is 1.73 bits per heavy atom. The first-order valence-corrected chi connectivity index (χ1v) is 10.1. The van der Waals surface area contributed by atoms with E-state index in [-0.39, 0.29) is 5.75 Å². The van der Waals surface area contributed by atoms with Gasteiger partial charge in [-0.25, -0.2) is 0 Å². The van der Waals surface area contributed by atoms with Crippen LogP contribution in [0.2, 0.25) is 0 Å². The Kier molecular flexibility index (Phi) is 8.54. The van der Waals surface area contributed by atoms with Gasteiger partial charge in [0.25, 0.3) is 0 Å². The monoisotopic (exact) mass is 326 g/mol. The van der Waals surface area contributed by atoms with Crippen molar-refractivity contribution in [1.29, 1.82) is 0 Å². The molecule has 0 N–H and O–H groups in total. The second kappa shape index (κ2) is 9.88. The molecule has 1 rings (SSSR count). The minimum absolute atomic E-state index is 0.00176. The van der Waals surface area contributed by atoms with Gasteiger partial charge in [-0.05, 0) is 55.9 Å². The van der Waals surface area contributed by atoms with Gasteiger partial charge >= 0.3 is 10.1 Å². The van der Waals surface area contributed by atoms with Crippen LogP contribution in [0.25, 0.3) is 0 Å². The molecule has 3 nitrogen and oxygen atoms in total. The first-order chi connectivity index (χ1) is 10.5. The van der Waals surface area contributed by atoms with Crippen LogP contribution in [0.5, 0.6) is 5.75 Å². The minimum Gasteiger partial charge on any atom is -0.382 e. The minimum atomic E-state index is -3.46. The number of benzene rings is 1. The molecule has 0 unspecified atom stereocenters. The molecule has 0 saturated carbocycles. The third-order valence-corrected chi connectivity index (χ3v) is 4.89. The van der Waals surface area contributed by atoms with Crippen LogP contribution in [-0.4, -0.2) is 14.2 Å². The molecule has 126 valence electrons. The lowest BCUT2D eigenvalue weighted by Crippen LogP contribution is -2.11. The Balaban J connectivity index is 2.88. The van der Waals surface area contributed by atoms with Gasteiger partial charge in [-0.1, -0.05) is 45.6 Å². The van der Waals surface area contributed by atoms with Crippen LogP contribution < -0.4 is 4.18 Å². The van der Waals surface area contributed by atoms with Gasteiger partial charge in [0, 0.05) is 0 Å². The van der Waals surface area contributed by atoms with Crippen molar-refractivity contribution < 1.29 is 12.6 Å². The summed E-state index contributed by atoms with van der Waals surface area (Å²) < 4.78 is 28.6. The van der Waals surface area contributed by atoms with Gasteiger partial charge in [-0.3, -0.25) is 0 Å². The predicted octanol–water partition coefficient (Wildman–Crippen LogP) is 4.88. The Bertz CT molecular complexity index is 507. The fourth-order valence-corrected chi connectivity index (χ4v) is 2.94. The molecule has 0 atom stereocenters. The predicted molar refractivity (Wildman–Crippen MR) is 93.0 cm³/mol. The van der Waals surface area contributed by atoms with E-state index in [4.69, 9.17) is 4.18 Å². The lowest BCUT2D eigenvalue weighted by Gasteiger charge is -2.11. The molecule has 0 fully saturated rings. The van der Waals surface area contributed by atoms with Crippen molar-refractivity contribution in [2.75, 3.05) is 5.75 Å². The number of rotatable bonds is 11. The second-order valence-electron chi connectivity index (χ2n) is 5.83. The Morgan fingerprint density at radius 1 is 0.818 bits per heavy atom. The van der Waals surface area contributed by atoms with E-state index in [0.717, 1.165) is 25.7 Å². The van der Waals surface area contributed by atoms with Gasteiger partial charge < -0.3 is 4.18 Å². The van der Waals surface area contributed by atoms with Crippen LogP contribution in [0, 0.1) is 0 Å². The summed E-state index contributed by atoms with van der Waals surface area (Å²) in [5, 5.41) is 0. The Labute approximate surface area is 136 Å². The standard InChI is InChI=1S/C18H30O3S/c1-4-7-9-11-16-13-17(12-10-8-5-2)15-18(14-16)21-22(19,20)6-3/h13-15H,4-12H2,1-3H3. The normalized spacial score (nSPS) is 11.6. The van der Waals surface area contributed by atoms with Crippen molar-refractivity contribution in [3.8, 4) is 5.75 Å². The molecule has 0 saturated heterocycles. The summed E-state index contributed by atoms with van der Waals surface area (Å²) in [4.78, 5) is 0. The summed E-state index contributed by atoms with van der Waals surface area (Å²) in [6.45, 7) is 5.97. The maximum atomic E-state index is 11.7. The lowest BCUT2D eigenvalue weighted by atomic mass is 10.0. The van der Waals surface area contributed by atoms with E-state index in [1.165, 1.54) is 36.8 Å². The Hall–Kier alpha value is -1.03. The summed E-state index contributed by atoms with van der Waals surface area (Å²) in [7, 11) is -3.46. The number of unbranched alkanes of at least 4 members (excludes halogenated alkanes) is 4. The summed E-state index contributed by atoms with van der Waals surface area (Å²) >= 11 is 0. The van der Waals surface area contributed by atoms with Gasteiger partial charge in [0.1, 0.15) is 5.75 Å². The molecular formula is C18H30O3S. The zero-order valence-electron chi connectivity index (χ0n) is 14.2. The number of hydrogen-bond acceptors (Lipinski definition) is 3. The van der Waals surface area contributed by atoms with Crippen LogP contribution in [-0.2, 0) is 23.0 Å². The van der Waals surface area contributed by atoms with Crippen molar-refractivity contribution in [2.45, 2.75) is 72.1 Å². The first-order valence-electron chi connectivity index (χ1n) is 8.55. The molecule has 0 bridgehead atoms. The highest BCUT2D eigenvalue weighted by Gasteiger charge is 2.11. The largest absolute Gasteiger partial charge is 0.382 e. The van der Waals surface area contributed by atoms with E-state index in [2.05, 4.69) is 19.9 Å². The third kappa shape index (κ3) is 7.30. The topological polar surface area (TPSA) is 43.4 Å². The van der Waals surface area contributed by atoms with Gasteiger partial charge in [-0.2, -0.15) is 8.42 Å². The molecule has 0 heterocycles. The molecule has 0 amide bonds. The number of hydrogen-bond donors (Lipinski definition) is 0. The quantitative estimate of drug-likeness (QED) is 0.430. The maximum Gasteiger partial charge on any atom is 0.308 e. The molecule has 22 heavy (non-hydrogen) atoms. The van der Waals surface area contributed by atoms with Crippen LogP contribution in [0.15, 0.2) is 18.2 Å². The van der Waals surface area contributed by atoms with E-state index in [0.29, 0.717) is 5.75 Å². The summed E-state index contributed by atoms with van der Waals surface area (Å²) in [6.07, 6.45) is 9.00. The molecular weight excluding hydrogens is 296 g/mol. The van der Waals surface area contributed by atoms with E-state index < -0.39 is 10.1 Å². The van der Waals surface area contributed by atoms with Crippen LogP contribution in [0.3, 0.4) is 0 Å². The molecule has 4 heteroatoms. The number of aryl methyl sites for hydroxylation is 2. The smallest absolute Gasteiger partial charge is 0.308 e. The average molecular weight is 327 g/mol. The van der Waals surface area contributed by atoms with Crippen molar-refractivity contribution in [2.24, 2.45) is 0 Å². The molecule has 1 aromatic carbocycles. The Morgan fingerprint density at radius 2 is 1.32 bits per heavy atom. The zero-order valence-corrected chi connectivity index (χ0v) is 15.0. The molecule has 0 aliphatic carbocycles. The van der Waals surface area contributed by atoms with Gasteiger partial charge in [0.15, 0.2) is 0 Å². The van der Waals surface area contributed by atoms with Crippen LogP contribution in [0.1, 0.15) is 70.4 Å². The highest BCUT2D eigenvalue weighted by Crippen LogP contribution is 2.22. The van der Waals surface area contributed by atoms with E-state index >= 15 is 0 Å². The molecule has 0 aromatic heterocycles. The molecule has 0 radical (unpaired) electrons. The summed E-state index contributed by atoms with van der Waals surface area (Å²) in [5.74, 6) is 0.473. The van der Waals surface area contributed by atoms with Crippen molar-refractivity contribution in [1.82, 2.24) is 0 Å². The molecule has 0 spiro atoms. The summed E-state index contributed by atoms with van der Waals surface area (Å²) in [5.41, 5.74) is 2.37. The molecule has 1 aromatic rings. The molecule has 0 aliphatic rings. The first kappa shape index (κ1) is 19.0. The zero-order chi connectivity index (χ0) is 16.4. The van der Waals surface area contributed by atoms with Crippen molar-refractivity contribution >= 4 is 10.1 Å². The van der Waals surface area contributed by atoms with Crippen LogP contribution in [0.4, 0.5) is 0 Å². The molecule has 0 aliphatic heterocycles. The van der Waals surface area contributed by atoms with Crippen LogP contribution >= 0.6 is 0 Å². The van der Waals surface area contributed by atoms with E-state index in [1.54, 1.807) is 6.92 Å². The highest BCUT2D eigenvalue weighted by molar-refractivity contribution is 7.87. The van der Waals surface area contributed by atoms with Gasteiger partial charge in [0.05, 0.1) is 5.75 Å².